The highest BCUT2D eigenvalue weighted by Crippen LogP contribution is 2.13. The number of aryl methyl sites for hydroxylation is 1. The number of carbonyl (C=O) groups excluding carboxylic acids is 1. The average Bonchev–Trinajstić information content (AvgIpc) is 2.38. The second-order valence-electron chi connectivity index (χ2n) is 3.92. The molecule has 106 valence electrons. The summed E-state index contributed by atoms with van der Waals surface area (Å²) in [7, 11) is 0. The predicted octanol–water partition coefficient (Wildman–Crippen LogP) is 2.05. The third-order valence-electron chi connectivity index (χ3n) is 2.29. The summed E-state index contributed by atoms with van der Waals surface area (Å²) in [5, 5.41) is 3.49. The van der Waals surface area contributed by atoms with E-state index in [0.29, 0.717) is 30.6 Å². The normalized spacial score (nSPS) is 10.5. The first kappa shape index (κ1) is 15.9. The quantitative estimate of drug-likeness (QED) is 0.449. The van der Waals surface area contributed by atoms with Gasteiger partial charge in [0.05, 0.1) is 0 Å². The zero-order chi connectivity index (χ0) is 14.1. The Hall–Kier alpha value is -1.14. The zero-order valence-corrected chi connectivity index (χ0v) is 12.5. The number of hydrogen-bond acceptors (Lipinski definition) is 5. The van der Waals surface area contributed by atoms with Gasteiger partial charge in [-0.3, -0.25) is 4.79 Å². The average molecular weight is 283 g/mol. The lowest BCUT2D eigenvalue weighted by molar-refractivity contribution is 0.0938. The molecule has 1 rings (SSSR count). The number of carbonyl (C=O) groups is 1. The third kappa shape index (κ3) is 6.02. The molecule has 1 aromatic rings. The standard InChI is InChI=1S/C13H21N3O2S/c1-4-18-8-6-7-14-12(17)11-9-10(3)15-13(16-11)19-5-2/h9H,4-8H2,1-3H3,(H,14,17). The molecule has 1 amide bonds. The number of amides is 1. The van der Waals surface area contributed by atoms with Gasteiger partial charge in [-0.2, -0.15) is 0 Å². The molecule has 0 fully saturated rings. The third-order valence-corrected chi connectivity index (χ3v) is 3.02. The summed E-state index contributed by atoms with van der Waals surface area (Å²) < 4.78 is 5.21. The minimum atomic E-state index is -0.153. The molecule has 5 nitrogen and oxygen atoms in total. The first-order valence-corrected chi connectivity index (χ1v) is 7.50. The van der Waals surface area contributed by atoms with Crippen LogP contribution in [-0.2, 0) is 4.74 Å². The highest BCUT2D eigenvalue weighted by Gasteiger charge is 2.09. The number of hydrogen-bond donors (Lipinski definition) is 1. The zero-order valence-electron chi connectivity index (χ0n) is 11.7. The van der Waals surface area contributed by atoms with Crippen LogP contribution in [0.15, 0.2) is 11.2 Å². The summed E-state index contributed by atoms with van der Waals surface area (Å²) >= 11 is 1.53. The van der Waals surface area contributed by atoms with Crippen molar-refractivity contribution < 1.29 is 9.53 Å². The fourth-order valence-corrected chi connectivity index (χ4v) is 2.09. The van der Waals surface area contributed by atoms with Crippen LogP contribution in [0.2, 0.25) is 0 Å². The lowest BCUT2D eigenvalue weighted by atomic mass is 10.3. The summed E-state index contributed by atoms with van der Waals surface area (Å²) in [6.07, 6.45) is 0.806. The maximum atomic E-state index is 11.9. The molecule has 0 spiro atoms. The molecule has 0 aliphatic rings. The first-order valence-electron chi connectivity index (χ1n) is 6.51. The molecule has 0 aliphatic heterocycles. The van der Waals surface area contributed by atoms with Gasteiger partial charge in [-0.1, -0.05) is 18.7 Å². The molecular weight excluding hydrogens is 262 g/mol. The molecule has 0 atom stereocenters. The molecule has 0 saturated heterocycles. The molecule has 0 aromatic carbocycles. The topological polar surface area (TPSA) is 64.1 Å². The van der Waals surface area contributed by atoms with Gasteiger partial charge in [0.15, 0.2) is 5.16 Å². The Bertz CT molecular complexity index is 413. The van der Waals surface area contributed by atoms with Crippen molar-refractivity contribution in [2.24, 2.45) is 0 Å². The van der Waals surface area contributed by atoms with Gasteiger partial charge in [-0.15, -0.1) is 0 Å². The molecule has 6 heteroatoms. The van der Waals surface area contributed by atoms with E-state index in [-0.39, 0.29) is 5.91 Å². The van der Waals surface area contributed by atoms with E-state index in [9.17, 15) is 4.79 Å². The first-order chi connectivity index (χ1) is 9.17. The highest BCUT2D eigenvalue weighted by molar-refractivity contribution is 7.99. The molecule has 19 heavy (non-hydrogen) atoms. The van der Waals surface area contributed by atoms with Crippen molar-refractivity contribution in [3.8, 4) is 0 Å². The van der Waals surface area contributed by atoms with Crippen LogP contribution in [0.5, 0.6) is 0 Å². The van der Waals surface area contributed by atoms with Crippen molar-refractivity contribution >= 4 is 17.7 Å². The number of thioether (sulfide) groups is 1. The van der Waals surface area contributed by atoms with Gasteiger partial charge < -0.3 is 10.1 Å². The second-order valence-corrected chi connectivity index (χ2v) is 5.15. The maximum Gasteiger partial charge on any atom is 0.270 e. The SMILES string of the molecule is CCOCCCNC(=O)c1cc(C)nc(SCC)n1. The summed E-state index contributed by atoms with van der Waals surface area (Å²) in [4.78, 5) is 20.5. The smallest absolute Gasteiger partial charge is 0.270 e. The van der Waals surface area contributed by atoms with Crippen LogP contribution in [0.25, 0.3) is 0 Å². The Balaban J connectivity index is 2.51. The Morgan fingerprint density at radius 1 is 1.42 bits per heavy atom. The summed E-state index contributed by atoms with van der Waals surface area (Å²) in [5.74, 6) is 0.735. The largest absolute Gasteiger partial charge is 0.382 e. The molecular formula is C13H21N3O2S. The molecule has 1 aromatic heterocycles. The number of aromatic nitrogens is 2. The summed E-state index contributed by atoms with van der Waals surface area (Å²) in [6.45, 7) is 7.82. The number of nitrogens with zero attached hydrogens (tertiary/aromatic N) is 2. The number of ether oxygens (including phenoxy) is 1. The highest BCUT2D eigenvalue weighted by atomic mass is 32.2. The predicted molar refractivity (Wildman–Crippen MR) is 76.6 cm³/mol. The lowest BCUT2D eigenvalue weighted by Gasteiger charge is -2.06. The number of nitrogens with one attached hydrogen (secondary N) is 1. The van der Waals surface area contributed by atoms with E-state index in [2.05, 4.69) is 15.3 Å². The molecule has 1 heterocycles. The van der Waals surface area contributed by atoms with Gasteiger partial charge in [0.25, 0.3) is 5.91 Å². The van der Waals surface area contributed by atoms with Crippen molar-refractivity contribution in [1.82, 2.24) is 15.3 Å². The van der Waals surface area contributed by atoms with Crippen molar-refractivity contribution in [2.75, 3.05) is 25.5 Å². The fourth-order valence-electron chi connectivity index (χ4n) is 1.46. The van der Waals surface area contributed by atoms with Gasteiger partial charge in [-0.25, -0.2) is 9.97 Å². The Morgan fingerprint density at radius 3 is 2.89 bits per heavy atom. The van der Waals surface area contributed by atoms with E-state index in [1.165, 1.54) is 11.8 Å². The van der Waals surface area contributed by atoms with Crippen LogP contribution in [-0.4, -0.2) is 41.4 Å². The van der Waals surface area contributed by atoms with Crippen molar-refractivity contribution in [1.29, 1.82) is 0 Å². The van der Waals surface area contributed by atoms with Crippen LogP contribution in [0.1, 0.15) is 36.5 Å². The Morgan fingerprint density at radius 2 is 2.21 bits per heavy atom. The second kappa shape index (κ2) is 8.87. The van der Waals surface area contributed by atoms with Gasteiger partial charge in [0.1, 0.15) is 5.69 Å². The van der Waals surface area contributed by atoms with Crippen LogP contribution in [0.4, 0.5) is 0 Å². The fraction of sp³-hybridized carbons (Fsp3) is 0.615. The molecule has 0 unspecified atom stereocenters. The van der Waals surface area contributed by atoms with E-state index >= 15 is 0 Å². The van der Waals surface area contributed by atoms with Crippen molar-refractivity contribution in [3.63, 3.8) is 0 Å². The van der Waals surface area contributed by atoms with Gasteiger partial charge in [-0.05, 0) is 32.1 Å². The van der Waals surface area contributed by atoms with Gasteiger partial charge in [0.2, 0.25) is 0 Å². The van der Waals surface area contributed by atoms with E-state index in [1.54, 1.807) is 6.07 Å². The van der Waals surface area contributed by atoms with E-state index < -0.39 is 0 Å². The summed E-state index contributed by atoms with van der Waals surface area (Å²) in [5.41, 5.74) is 1.24. The van der Waals surface area contributed by atoms with Gasteiger partial charge in [0, 0.05) is 25.5 Å². The number of rotatable bonds is 8. The monoisotopic (exact) mass is 283 g/mol. The maximum absolute atomic E-state index is 11.9. The van der Waals surface area contributed by atoms with Crippen molar-refractivity contribution in [2.45, 2.75) is 32.3 Å². The van der Waals surface area contributed by atoms with E-state index in [1.807, 2.05) is 20.8 Å². The summed E-state index contributed by atoms with van der Waals surface area (Å²) in [6, 6.07) is 1.71. The van der Waals surface area contributed by atoms with E-state index in [0.717, 1.165) is 17.9 Å². The molecule has 0 aliphatic carbocycles. The molecule has 0 radical (unpaired) electrons. The van der Waals surface area contributed by atoms with Gasteiger partial charge >= 0.3 is 0 Å². The molecule has 1 N–H and O–H groups in total. The minimum Gasteiger partial charge on any atom is -0.382 e. The Kier molecular flexibility index (Phi) is 7.43. The lowest BCUT2D eigenvalue weighted by Crippen LogP contribution is -2.26. The molecule has 0 saturated carbocycles. The van der Waals surface area contributed by atoms with Crippen LogP contribution < -0.4 is 5.32 Å². The Labute approximate surface area is 118 Å². The van der Waals surface area contributed by atoms with Crippen LogP contribution >= 0.6 is 11.8 Å². The molecule has 0 bridgehead atoms. The van der Waals surface area contributed by atoms with E-state index in [4.69, 9.17) is 4.74 Å². The van der Waals surface area contributed by atoms with Crippen LogP contribution in [0.3, 0.4) is 0 Å². The minimum absolute atomic E-state index is 0.153. The van der Waals surface area contributed by atoms with Crippen LogP contribution in [0, 0.1) is 6.92 Å². The van der Waals surface area contributed by atoms with Crippen molar-refractivity contribution in [3.05, 3.63) is 17.5 Å².